The van der Waals surface area contributed by atoms with Crippen LogP contribution in [0, 0.1) is 5.92 Å². The van der Waals surface area contributed by atoms with Crippen molar-refractivity contribution in [2.75, 3.05) is 18.5 Å². The Kier molecular flexibility index (Phi) is 8.01. The number of rotatable bonds is 5. The third-order valence-corrected chi connectivity index (χ3v) is 2.85. The van der Waals surface area contributed by atoms with Gasteiger partial charge in [-0.2, -0.15) is 0 Å². The molecule has 0 radical (unpaired) electrons. The quantitative estimate of drug-likeness (QED) is 0.432. The van der Waals surface area contributed by atoms with Crippen LogP contribution in [0.25, 0.3) is 0 Å². The van der Waals surface area contributed by atoms with Gasteiger partial charge in [0.1, 0.15) is 17.2 Å². The van der Waals surface area contributed by atoms with Gasteiger partial charge in [0.25, 0.3) is 0 Å². The van der Waals surface area contributed by atoms with Crippen LogP contribution in [0.1, 0.15) is 20.3 Å². The molecule has 25 heavy (non-hydrogen) atoms. The molecule has 134 valence electrons. The lowest BCUT2D eigenvalue weighted by molar-refractivity contribution is -0.135. The number of hydrogen-bond acceptors (Lipinski definition) is 8. The lowest BCUT2D eigenvalue weighted by Gasteiger charge is -2.07. The highest BCUT2D eigenvalue weighted by Crippen LogP contribution is 2.30. The summed E-state index contributed by atoms with van der Waals surface area (Å²) in [7, 11) is 1.50. The summed E-state index contributed by atoms with van der Waals surface area (Å²) in [6.45, 7) is 3.90. The number of pyridine rings is 1. The number of nitrogens with zero attached hydrogens (tertiary/aromatic N) is 3. The molecule has 0 bridgehead atoms. The normalized spacial score (nSPS) is 10.4. The summed E-state index contributed by atoms with van der Waals surface area (Å²) in [6, 6.07) is 10.1. The highest BCUT2D eigenvalue weighted by atomic mass is 16.5. The summed E-state index contributed by atoms with van der Waals surface area (Å²) in [5.74, 6) is 0.754. The number of aromatic nitrogens is 1. The number of nitrogen functional groups attached to an aromatic ring is 2. The number of esters is 1. The topological polar surface area (TPSA) is 142 Å². The van der Waals surface area contributed by atoms with E-state index in [1.807, 2.05) is 13.8 Å². The van der Waals surface area contributed by atoms with E-state index < -0.39 is 0 Å². The number of nitrogens with two attached hydrogens (primary N) is 3. The predicted octanol–water partition coefficient (Wildman–Crippen LogP) is 3.19. The van der Waals surface area contributed by atoms with Gasteiger partial charge in [-0.3, -0.25) is 4.79 Å². The van der Waals surface area contributed by atoms with Crippen molar-refractivity contribution in [3.63, 3.8) is 0 Å². The summed E-state index contributed by atoms with van der Waals surface area (Å²) < 4.78 is 5.33. The molecule has 8 nitrogen and oxygen atoms in total. The Hall–Kier alpha value is -3.00. The third-order valence-electron chi connectivity index (χ3n) is 2.85. The van der Waals surface area contributed by atoms with Crippen molar-refractivity contribution < 1.29 is 9.53 Å². The molecule has 0 aliphatic rings. The number of hydrogen-bond donors (Lipinski definition) is 3. The first kappa shape index (κ1) is 20.0. The number of carbonyl (C=O) groups is 1. The first-order chi connectivity index (χ1) is 12.0. The van der Waals surface area contributed by atoms with Crippen molar-refractivity contribution in [1.29, 1.82) is 0 Å². The average Bonchev–Trinajstić information content (AvgIpc) is 2.56. The molecule has 0 saturated carbocycles. The van der Waals surface area contributed by atoms with Crippen LogP contribution in [0.15, 0.2) is 46.6 Å². The van der Waals surface area contributed by atoms with E-state index in [2.05, 4.69) is 20.9 Å². The lowest BCUT2D eigenvalue weighted by Crippen LogP contribution is -2.10. The summed E-state index contributed by atoms with van der Waals surface area (Å²) >= 11 is 0. The van der Waals surface area contributed by atoms with Crippen molar-refractivity contribution >= 4 is 29.0 Å². The van der Waals surface area contributed by atoms with Crippen LogP contribution in [-0.4, -0.2) is 18.0 Å². The molecule has 0 unspecified atom stereocenters. The van der Waals surface area contributed by atoms with E-state index in [4.69, 9.17) is 16.2 Å². The van der Waals surface area contributed by atoms with E-state index in [0.29, 0.717) is 29.4 Å². The number of ether oxygens (including phenoxy) is 1. The van der Waals surface area contributed by atoms with Gasteiger partial charge in [-0.05, 0) is 37.2 Å². The summed E-state index contributed by atoms with van der Waals surface area (Å²) in [5.41, 5.74) is 16.6. The van der Waals surface area contributed by atoms with Crippen LogP contribution >= 0.6 is 0 Å². The molecule has 0 atom stereocenters. The van der Waals surface area contributed by atoms with Gasteiger partial charge in [0.2, 0.25) is 0 Å². The van der Waals surface area contributed by atoms with E-state index >= 15 is 0 Å². The monoisotopic (exact) mass is 344 g/mol. The van der Waals surface area contributed by atoms with Crippen LogP contribution in [-0.2, 0) is 4.79 Å². The summed E-state index contributed by atoms with van der Waals surface area (Å²) in [6.07, 6.45) is 0.334. The van der Waals surface area contributed by atoms with Gasteiger partial charge < -0.3 is 21.9 Å². The second kappa shape index (κ2) is 9.99. The first-order valence-corrected chi connectivity index (χ1v) is 7.77. The van der Waals surface area contributed by atoms with Gasteiger partial charge in [0, 0.05) is 6.42 Å². The third kappa shape index (κ3) is 6.56. The SMILES string of the molecule is CC(C)CC(=O)Oc1ccccc1N=Nc1ccc(N)nc1N.CN. The van der Waals surface area contributed by atoms with Crippen LogP contribution in [0.4, 0.5) is 23.0 Å². The molecule has 1 aromatic heterocycles. The van der Waals surface area contributed by atoms with Crippen molar-refractivity contribution in [3.05, 3.63) is 36.4 Å². The zero-order chi connectivity index (χ0) is 18.8. The smallest absolute Gasteiger partial charge is 0.311 e. The second-order valence-corrected chi connectivity index (χ2v) is 5.38. The Labute approximate surface area is 147 Å². The zero-order valence-corrected chi connectivity index (χ0v) is 14.6. The van der Waals surface area contributed by atoms with Gasteiger partial charge in [-0.25, -0.2) is 4.98 Å². The Morgan fingerprint density at radius 1 is 1.08 bits per heavy atom. The predicted molar refractivity (Wildman–Crippen MR) is 98.9 cm³/mol. The van der Waals surface area contributed by atoms with Crippen LogP contribution in [0.5, 0.6) is 5.75 Å². The van der Waals surface area contributed by atoms with Crippen molar-refractivity contribution in [2.45, 2.75) is 20.3 Å². The molecule has 0 amide bonds. The summed E-state index contributed by atoms with van der Waals surface area (Å²) in [5, 5.41) is 8.12. The Morgan fingerprint density at radius 2 is 1.72 bits per heavy atom. The van der Waals surface area contributed by atoms with Gasteiger partial charge in [-0.1, -0.05) is 26.0 Å². The molecule has 0 saturated heterocycles. The van der Waals surface area contributed by atoms with Gasteiger partial charge >= 0.3 is 5.97 Å². The van der Waals surface area contributed by atoms with E-state index in [1.54, 1.807) is 36.4 Å². The minimum Gasteiger partial charge on any atom is -0.424 e. The maximum Gasteiger partial charge on any atom is 0.311 e. The van der Waals surface area contributed by atoms with Crippen molar-refractivity contribution in [3.8, 4) is 5.75 Å². The lowest BCUT2D eigenvalue weighted by atomic mass is 10.1. The van der Waals surface area contributed by atoms with Crippen molar-refractivity contribution in [2.24, 2.45) is 21.9 Å². The molecule has 2 rings (SSSR count). The zero-order valence-electron chi connectivity index (χ0n) is 14.6. The van der Waals surface area contributed by atoms with Gasteiger partial charge in [0.05, 0.1) is 0 Å². The second-order valence-electron chi connectivity index (χ2n) is 5.38. The molecule has 0 aliphatic heterocycles. The highest BCUT2D eigenvalue weighted by Gasteiger charge is 2.10. The fraction of sp³-hybridized carbons (Fsp3) is 0.294. The largest absolute Gasteiger partial charge is 0.424 e. The van der Waals surface area contributed by atoms with E-state index in [0.717, 1.165) is 0 Å². The standard InChI is InChI=1S/C16H19N5O2.CH5N/c1-10(2)9-15(22)23-13-6-4-3-5-11(13)20-21-12-7-8-14(17)19-16(12)18;1-2/h3-8,10H,9H2,1-2H3,(H4,17,18,19);2H2,1H3. The average molecular weight is 344 g/mol. The van der Waals surface area contributed by atoms with E-state index in [9.17, 15) is 4.79 Å². The molecule has 1 heterocycles. The molecule has 1 aromatic carbocycles. The molecule has 0 fully saturated rings. The van der Waals surface area contributed by atoms with Gasteiger partial charge in [0.15, 0.2) is 11.6 Å². The fourth-order valence-electron chi connectivity index (χ4n) is 1.80. The van der Waals surface area contributed by atoms with Crippen LogP contribution in [0.2, 0.25) is 0 Å². The number of carbonyl (C=O) groups excluding carboxylic acids is 1. The minimum absolute atomic E-state index is 0.183. The molecule has 2 aromatic rings. The number of para-hydroxylation sites is 1. The minimum atomic E-state index is -0.309. The fourth-order valence-corrected chi connectivity index (χ4v) is 1.80. The van der Waals surface area contributed by atoms with Crippen molar-refractivity contribution in [1.82, 2.24) is 4.98 Å². The Morgan fingerprint density at radius 3 is 2.36 bits per heavy atom. The van der Waals surface area contributed by atoms with Crippen LogP contribution < -0.4 is 21.9 Å². The molecular weight excluding hydrogens is 320 g/mol. The van der Waals surface area contributed by atoms with E-state index in [1.165, 1.54) is 7.05 Å². The maximum atomic E-state index is 11.8. The van der Waals surface area contributed by atoms with E-state index in [-0.39, 0.29) is 17.7 Å². The Balaban J connectivity index is 0.00000151. The molecular formula is C17H24N6O2. The molecule has 6 N–H and O–H groups in total. The molecule has 0 spiro atoms. The maximum absolute atomic E-state index is 11.8. The summed E-state index contributed by atoms with van der Waals surface area (Å²) in [4.78, 5) is 15.7. The van der Waals surface area contributed by atoms with Gasteiger partial charge in [-0.15, -0.1) is 10.2 Å². The number of azo groups is 1. The van der Waals surface area contributed by atoms with Crippen LogP contribution in [0.3, 0.4) is 0 Å². The highest BCUT2D eigenvalue weighted by molar-refractivity contribution is 5.74. The first-order valence-electron chi connectivity index (χ1n) is 7.77. The number of benzene rings is 1. The number of anilines is 2. The Bertz CT molecular complexity index is 731. The molecule has 0 aliphatic carbocycles. The molecule has 8 heteroatoms.